The maximum atomic E-state index is 5.79. The number of hydrogen-bond donors (Lipinski definition) is 0. The van der Waals surface area contributed by atoms with Gasteiger partial charge in [0.1, 0.15) is 0 Å². The summed E-state index contributed by atoms with van der Waals surface area (Å²) in [5.74, 6) is -0.238. The molecule has 0 radical (unpaired) electrons. The second-order valence-electron chi connectivity index (χ2n) is 5.02. The minimum Gasteiger partial charge on any atom is -0.348 e. The lowest BCUT2D eigenvalue weighted by Crippen LogP contribution is -2.33. The number of rotatable bonds is 2. The number of hydrogen-bond acceptors (Lipinski definition) is 3. The quantitative estimate of drug-likeness (QED) is 0.796. The summed E-state index contributed by atoms with van der Waals surface area (Å²) in [6.45, 7) is 3.80. The summed E-state index contributed by atoms with van der Waals surface area (Å²) in [4.78, 5) is 1.44. The van der Waals surface area contributed by atoms with Crippen LogP contribution in [0.15, 0.2) is 23.1 Å². The highest BCUT2D eigenvalue weighted by Crippen LogP contribution is 2.41. The Hall–Kier alpha value is -0.640. The van der Waals surface area contributed by atoms with Crippen molar-refractivity contribution >= 4 is 16.9 Å². The second-order valence-corrected chi connectivity index (χ2v) is 5.97. The summed E-state index contributed by atoms with van der Waals surface area (Å²) in [6.07, 6.45) is 5.43. The van der Waals surface area contributed by atoms with Crippen LogP contribution in [-0.4, -0.2) is 19.0 Å². The highest BCUT2D eigenvalue weighted by Gasteiger charge is 2.39. The Morgan fingerprint density at radius 3 is 2.56 bits per heavy atom. The van der Waals surface area contributed by atoms with Crippen molar-refractivity contribution in [2.75, 3.05) is 13.2 Å². The van der Waals surface area contributed by atoms with E-state index in [1.165, 1.54) is 4.88 Å². The van der Waals surface area contributed by atoms with Crippen molar-refractivity contribution in [2.24, 2.45) is 0 Å². The predicted molar refractivity (Wildman–Crippen MR) is 74.6 cm³/mol. The first-order valence-corrected chi connectivity index (χ1v) is 7.74. The Morgan fingerprint density at radius 2 is 2.00 bits per heavy atom. The van der Waals surface area contributed by atoms with Gasteiger partial charge in [0.2, 0.25) is 0 Å². The van der Waals surface area contributed by atoms with Crippen molar-refractivity contribution in [3.05, 3.63) is 28.0 Å². The normalized spacial score (nSPS) is 22.6. The summed E-state index contributed by atoms with van der Waals surface area (Å²) < 4.78 is 11.6. The van der Waals surface area contributed by atoms with Gasteiger partial charge in [-0.15, -0.1) is 11.3 Å². The van der Waals surface area contributed by atoms with Gasteiger partial charge in [-0.05, 0) is 36.3 Å². The van der Waals surface area contributed by atoms with Gasteiger partial charge in [-0.3, -0.25) is 0 Å². The first kappa shape index (κ1) is 12.4. The molecule has 1 saturated heterocycles. The van der Waals surface area contributed by atoms with Crippen molar-refractivity contribution in [3.8, 4) is 0 Å². The van der Waals surface area contributed by atoms with E-state index >= 15 is 0 Å². The van der Waals surface area contributed by atoms with Crippen molar-refractivity contribution in [1.29, 1.82) is 0 Å². The van der Waals surface area contributed by atoms with Gasteiger partial charge in [0, 0.05) is 17.7 Å². The van der Waals surface area contributed by atoms with Gasteiger partial charge < -0.3 is 9.47 Å². The third kappa shape index (κ3) is 2.27. The van der Waals surface area contributed by atoms with Gasteiger partial charge in [-0.2, -0.15) is 0 Å². The van der Waals surface area contributed by atoms with Gasteiger partial charge in [0.05, 0.1) is 13.2 Å². The van der Waals surface area contributed by atoms with Gasteiger partial charge >= 0.3 is 0 Å². The van der Waals surface area contributed by atoms with Crippen LogP contribution in [0.3, 0.4) is 0 Å². The molecular formula is C15H20O2S. The zero-order valence-corrected chi connectivity index (χ0v) is 11.7. The maximum absolute atomic E-state index is 5.79. The van der Waals surface area contributed by atoms with Gasteiger partial charge in [-0.25, -0.2) is 0 Å². The SMILES string of the molecule is CCC(=C1CCC2(CC1)OCCO2)c1cccs1. The minimum atomic E-state index is -0.238. The van der Waals surface area contributed by atoms with Crippen molar-refractivity contribution < 1.29 is 9.47 Å². The van der Waals surface area contributed by atoms with Crippen LogP contribution in [-0.2, 0) is 9.47 Å². The Bertz CT molecular complexity index is 415. The number of allylic oxidation sites excluding steroid dienone is 2. The fraction of sp³-hybridized carbons (Fsp3) is 0.600. The average molecular weight is 264 g/mol. The minimum absolute atomic E-state index is 0.238. The molecule has 0 amide bonds. The molecule has 1 aliphatic carbocycles. The molecule has 0 bridgehead atoms. The highest BCUT2D eigenvalue weighted by atomic mass is 32.1. The van der Waals surface area contributed by atoms with E-state index in [0.29, 0.717) is 0 Å². The Balaban J connectivity index is 1.77. The monoisotopic (exact) mass is 264 g/mol. The summed E-state index contributed by atoms with van der Waals surface area (Å²) in [7, 11) is 0. The Labute approximate surface area is 113 Å². The molecule has 2 fully saturated rings. The smallest absolute Gasteiger partial charge is 0.169 e. The molecule has 1 aliphatic heterocycles. The molecule has 0 aromatic carbocycles. The van der Waals surface area contributed by atoms with E-state index < -0.39 is 0 Å². The summed E-state index contributed by atoms with van der Waals surface area (Å²) in [5, 5.41) is 2.17. The van der Waals surface area contributed by atoms with Crippen LogP contribution in [0.5, 0.6) is 0 Å². The lowest BCUT2D eigenvalue weighted by atomic mass is 9.86. The van der Waals surface area contributed by atoms with Crippen LogP contribution in [0.4, 0.5) is 0 Å². The van der Waals surface area contributed by atoms with E-state index in [2.05, 4.69) is 24.4 Å². The molecule has 3 rings (SSSR count). The first-order chi connectivity index (χ1) is 8.83. The predicted octanol–water partition coefficient (Wildman–Crippen LogP) is 4.23. The fourth-order valence-corrected chi connectivity index (χ4v) is 3.96. The van der Waals surface area contributed by atoms with Crippen LogP contribution < -0.4 is 0 Å². The van der Waals surface area contributed by atoms with E-state index in [-0.39, 0.29) is 5.79 Å². The zero-order valence-electron chi connectivity index (χ0n) is 10.9. The standard InChI is InChI=1S/C15H20O2S/c1-2-13(14-4-3-11-18-14)12-5-7-15(8-6-12)16-9-10-17-15/h3-4,11H,2,5-10H2,1H3. The molecule has 1 aromatic rings. The van der Waals surface area contributed by atoms with Crippen LogP contribution in [0.2, 0.25) is 0 Å². The average Bonchev–Trinajstić information content (AvgIpc) is 3.05. The molecule has 3 heteroatoms. The molecule has 2 aliphatic rings. The lowest BCUT2D eigenvalue weighted by Gasteiger charge is -2.33. The molecule has 18 heavy (non-hydrogen) atoms. The lowest BCUT2D eigenvalue weighted by molar-refractivity contribution is -0.171. The molecule has 0 atom stereocenters. The first-order valence-electron chi connectivity index (χ1n) is 6.86. The van der Waals surface area contributed by atoms with Gasteiger partial charge in [-0.1, -0.05) is 18.6 Å². The largest absolute Gasteiger partial charge is 0.348 e. The second kappa shape index (κ2) is 5.16. The molecule has 98 valence electrons. The zero-order chi connectivity index (χ0) is 12.4. The van der Waals surface area contributed by atoms with Crippen molar-refractivity contribution in [2.45, 2.75) is 44.8 Å². The van der Waals surface area contributed by atoms with Crippen LogP contribution in [0.25, 0.3) is 5.57 Å². The van der Waals surface area contributed by atoms with Crippen LogP contribution >= 0.6 is 11.3 Å². The van der Waals surface area contributed by atoms with Gasteiger partial charge in [0.25, 0.3) is 0 Å². The molecule has 2 heterocycles. The molecule has 1 spiro atoms. The number of thiophene rings is 1. The highest BCUT2D eigenvalue weighted by molar-refractivity contribution is 7.11. The Morgan fingerprint density at radius 1 is 1.28 bits per heavy atom. The molecule has 1 saturated carbocycles. The third-order valence-electron chi connectivity index (χ3n) is 4.03. The van der Waals surface area contributed by atoms with E-state index in [1.54, 1.807) is 11.1 Å². The van der Waals surface area contributed by atoms with Crippen LogP contribution in [0.1, 0.15) is 43.9 Å². The van der Waals surface area contributed by atoms with E-state index in [4.69, 9.17) is 9.47 Å². The van der Waals surface area contributed by atoms with Crippen molar-refractivity contribution in [3.63, 3.8) is 0 Å². The molecule has 2 nitrogen and oxygen atoms in total. The van der Waals surface area contributed by atoms with Crippen molar-refractivity contribution in [1.82, 2.24) is 0 Å². The third-order valence-corrected chi connectivity index (χ3v) is 4.96. The topological polar surface area (TPSA) is 18.5 Å². The summed E-state index contributed by atoms with van der Waals surface area (Å²) in [5.41, 5.74) is 3.17. The summed E-state index contributed by atoms with van der Waals surface area (Å²) in [6, 6.07) is 4.38. The number of ether oxygens (including phenoxy) is 2. The maximum Gasteiger partial charge on any atom is 0.169 e. The van der Waals surface area contributed by atoms with E-state index in [0.717, 1.165) is 45.3 Å². The molecule has 0 N–H and O–H groups in total. The summed E-state index contributed by atoms with van der Waals surface area (Å²) >= 11 is 1.85. The fourth-order valence-electron chi connectivity index (χ4n) is 3.07. The van der Waals surface area contributed by atoms with Crippen LogP contribution in [0, 0.1) is 0 Å². The molecule has 1 aromatic heterocycles. The Kier molecular flexibility index (Phi) is 3.55. The van der Waals surface area contributed by atoms with E-state index in [9.17, 15) is 0 Å². The molecule has 0 unspecified atom stereocenters. The molecular weight excluding hydrogens is 244 g/mol. The van der Waals surface area contributed by atoms with E-state index in [1.807, 2.05) is 11.3 Å². The van der Waals surface area contributed by atoms with Gasteiger partial charge in [0.15, 0.2) is 5.79 Å².